The van der Waals surface area contributed by atoms with Crippen LogP contribution in [-0.4, -0.2) is 17.5 Å². The third-order valence-electron chi connectivity index (χ3n) is 2.55. The molecule has 0 bridgehead atoms. The van der Waals surface area contributed by atoms with Gasteiger partial charge >= 0.3 is 18.3 Å². The highest BCUT2D eigenvalue weighted by atomic mass is 19.3. The molecule has 1 aromatic carbocycles. The lowest BCUT2D eigenvalue weighted by Crippen LogP contribution is -2.23. The van der Waals surface area contributed by atoms with Gasteiger partial charge in [-0.15, -0.1) is 0 Å². The van der Waals surface area contributed by atoms with Gasteiger partial charge < -0.3 is 5.11 Å². The van der Waals surface area contributed by atoms with E-state index in [4.69, 9.17) is 5.11 Å². The lowest BCUT2D eigenvalue weighted by Gasteiger charge is -2.16. The number of carboxylic acid groups (broad SMARTS) is 1. The van der Waals surface area contributed by atoms with Crippen molar-refractivity contribution in [2.75, 3.05) is 0 Å². The normalized spacial score (nSPS) is 13.7. The minimum atomic E-state index is -4.22. The van der Waals surface area contributed by atoms with E-state index in [9.17, 15) is 22.4 Å². The topological polar surface area (TPSA) is 37.3 Å². The smallest absolute Gasteiger partial charge is 0.332 e. The van der Waals surface area contributed by atoms with Crippen LogP contribution in [0.2, 0.25) is 0 Å². The SMILES string of the molecule is CC(Cc1cccc(C(F)(F)C(F)F)c1)C(=O)O. The molecule has 6 heteroatoms. The molecule has 1 aromatic rings. The van der Waals surface area contributed by atoms with Crippen LogP contribution in [0.1, 0.15) is 18.1 Å². The zero-order chi connectivity index (χ0) is 13.9. The van der Waals surface area contributed by atoms with Crippen molar-refractivity contribution in [2.24, 2.45) is 5.92 Å². The van der Waals surface area contributed by atoms with E-state index in [2.05, 4.69) is 0 Å². The van der Waals surface area contributed by atoms with Crippen molar-refractivity contribution in [2.45, 2.75) is 25.7 Å². The first-order valence-electron chi connectivity index (χ1n) is 5.23. The van der Waals surface area contributed by atoms with Gasteiger partial charge in [0, 0.05) is 5.56 Å². The van der Waals surface area contributed by atoms with Gasteiger partial charge in [0.25, 0.3) is 0 Å². The summed E-state index contributed by atoms with van der Waals surface area (Å²) in [4.78, 5) is 10.6. The summed E-state index contributed by atoms with van der Waals surface area (Å²) >= 11 is 0. The zero-order valence-corrected chi connectivity index (χ0v) is 9.54. The van der Waals surface area contributed by atoms with Gasteiger partial charge in [-0.1, -0.05) is 25.1 Å². The van der Waals surface area contributed by atoms with E-state index in [1.165, 1.54) is 19.1 Å². The highest BCUT2D eigenvalue weighted by Crippen LogP contribution is 2.34. The summed E-state index contributed by atoms with van der Waals surface area (Å²) in [5.41, 5.74) is -0.504. The van der Waals surface area contributed by atoms with Crippen LogP contribution in [0.3, 0.4) is 0 Å². The molecule has 0 aromatic heterocycles. The summed E-state index contributed by atoms with van der Waals surface area (Å²) < 4.78 is 50.5. The van der Waals surface area contributed by atoms with Gasteiger partial charge in [-0.2, -0.15) is 8.78 Å². The molecule has 0 radical (unpaired) electrons. The molecule has 1 unspecified atom stereocenters. The van der Waals surface area contributed by atoms with E-state index in [1.54, 1.807) is 0 Å². The van der Waals surface area contributed by atoms with E-state index in [-0.39, 0.29) is 6.42 Å². The number of hydrogen-bond acceptors (Lipinski definition) is 1. The van der Waals surface area contributed by atoms with Gasteiger partial charge in [0.15, 0.2) is 0 Å². The maximum absolute atomic E-state index is 13.1. The fourth-order valence-electron chi connectivity index (χ4n) is 1.47. The number of alkyl halides is 4. The van der Waals surface area contributed by atoms with Crippen molar-refractivity contribution in [1.82, 2.24) is 0 Å². The molecular weight excluding hydrogens is 252 g/mol. The molecule has 1 rings (SSSR count). The molecule has 18 heavy (non-hydrogen) atoms. The highest BCUT2D eigenvalue weighted by Gasteiger charge is 2.42. The predicted octanol–water partition coefficient (Wildman–Crippen LogP) is 3.31. The molecule has 2 nitrogen and oxygen atoms in total. The van der Waals surface area contributed by atoms with Crippen molar-refractivity contribution in [3.8, 4) is 0 Å². The van der Waals surface area contributed by atoms with E-state index < -0.39 is 29.8 Å². The van der Waals surface area contributed by atoms with Gasteiger partial charge in [-0.25, -0.2) is 8.78 Å². The summed E-state index contributed by atoms with van der Waals surface area (Å²) in [5.74, 6) is -6.05. The van der Waals surface area contributed by atoms with Crippen molar-refractivity contribution in [3.05, 3.63) is 35.4 Å². The zero-order valence-electron chi connectivity index (χ0n) is 9.54. The fourth-order valence-corrected chi connectivity index (χ4v) is 1.47. The molecule has 0 aliphatic heterocycles. The number of benzene rings is 1. The van der Waals surface area contributed by atoms with Crippen LogP contribution in [0.4, 0.5) is 17.6 Å². The first-order chi connectivity index (χ1) is 8.25. The minimum absolute atomic E-state index is 0.0164. The van der Waals surface area contributed by atoms with Crippen LogP contribution in [-0.2, 0) is 17.1 Å². The quantitative estimate of drug-likeness (QED) is 0.828. The maximum atomic E-state index is 13.1. The molecule has 1 atom stereocenters. The van der Waals surface area contributed by atoms with Crippen molar-refractivity contribution in [1.29, 1.82) is 0 Å². The van der Waals surface area contributed by atoms with Gasteiger partial charge in [-0.3, -0.25) is 4.79 Å². The largest absolute Gasteiger partial charge is 0.481 e. The number of carboxylic acids is 1. The Morgan fingerprint density at radius 1 is 1.39 bits per heavy atom. The summed E-state index contributed by atoms with van der Waals surface area (Å²) in [6.45, 7) is 1.42. The Kier molecular flexibility index (Phi) is 4.32. The van der Waals surface area contributed by atoms with E-state index >= 15 is 0 Å². The number of halogens is 4. The second-order valence-electron chi connectivity index (χ2n) is 4.07. The average molecular weight is 264 g/mol. The van der Waals surface area contributed by atoms with Crippen LogP contribution in [0, 0.1) is 5.92 Å². The maximum Gasteiger partial charge on any atom is 0.332 e. The Hall–Kier alpha value is -1.59. The molecule has 0 spiro atoms. The Labute approximate surface area is 101 Å². The standard InChI is InChI=1S/C12H12F4O2/c1-7(10(17)18)5-8-3-2-4-9(6-8)12(15,16)11(13)14/h2-4,6-7,11H,5H2,1H3,(H,17,18). The summed E-state index contributed by atoms with van der Waals surface area (Å²) in [6.07, 6.45) is -3.77. The lowest BCUT2D eigenvalue weighted by atomic mass is 9.98. The Bertz CT molecular complexity index is 432. The number of rotatable bonds is 5. The van der Waals surface area contributed by atoms with Crippen LogP contribution in [0.25, 0.3) is 0 Å². The van der Waals surface area contributed by atoms with Crippen LogP contribution >= 0.6 is 0 Å². The Morgan fingerprint density at radius 3 is 2.50 bits per heavy atom. The van der Waals surface area contributed by atoms with Crippen LogP contribution in [0.15, 0.2) is 24.3 Å². The fraction of sp³-hybridized carbons (Fsp3) is 0.417. The van der Waals surface area contributed by atoms with Gasteiger partial charge in [0.05, 0.1) is 5.92 Å². The molecule has 0 amide bonds. The summed E-state index contributed by atoms with van der Waals surface area (Å²) in [6, 6.07) is 4.48. The molecule has 1 N–H and O–H groups in total. The molecule has 0 saturated carbocycles. The van der Waals surface area contributed by atoms with Crippen molar-refractivity contribution in [3.63, 3.8) is 0 Å². The lowest BCUT2D eigenvalue weighted by molar-refractivity contribution is -0.141. The molecule has 0 heterocycles. The van der Waals surface area contributed by atoms with Gasteiger partial charge in [0.1, 0.15) is 0 Å². The highest BCUT2D eigenvalue weighted by molar-refractivity contribution is 5.69. The molecule has 100 valence electrons. The predicted molar refractivity (Wildman–Crippen MR) is 56.8 cm³/mol. The molecule has 0 fully saturated rings. The van der Waals surface area contributed by atoms with Crippen molar-refractivity contribution >= 4 is 5.97 Å². The third-order valence-corrected chi connectivity index (χ3v) is 2.55. The summed E-state index contributed by atoms with van der Waals surface area (Å²) in [7, 11) is 0. The second-order valence-corrected chi connectivity index (χ2v) is 4.07. The first-order valence-corrected chi connectivity index (χ1v) is 5.23. The van der Waals surface area contributed by atoms with Gasteiger partial charge in [0.2, 0.25) is 0 Å². The molecule has 0 saturated heterocycles. The third kappa shape index (κ3) is 3.21. The van der Waals surface area contributed by atoms with E-state index in [0.29, 0.717) is 5.56 Å². The van der Waals surface area contributed by atoms with E-state index in [1.807, 2.05) is 0 Å². The van der Waals surface area contributed by atoms with E-state index in [0.717, 1.165) is 12.1 Å². The van der Waals surface area contributed by atoms with Crippen LogP contribution in [0.5, 0.6) is 0 Å². The number of carbonyl (C=O) groups is 1. The number of hydrogen-bond donors (Lipinski definition) is 1. The summed E-state index contributed by atoms with van der Waals surface area (Å²) in [5, 5.41) is 8.69. The average Bonchev–Trinajstić information content (AvgIpc) is 2.28. The Morgan fingerprint density at radius 2 is 2.00 bits per heavy atom. The first kappa shape index (κ1) is 14.5. The van der Waals surface area contributed by atoms with Crippen LogP contribution < -0.4 is 0 Å². The minimum Gasteiger partial charge on any atom is -0.481 e. The van der Waals surface area contributed by atoms with Gasteiger partial charge in [-0.05, 0) is 18.1 Å². The molecule has 0 aliphatic carbocycles. The number of aliphatic carboxylic acids is 1. The van der Waals surface area contributed by atoms with Crippen molar-refractivity contribution < 1.29 is 27.5 Å². The molecule has 0 aliphatic rings. The second kappa shape index (κ2) is 5.37. The Balaban J connectivity index is 2.96. The monoisotopic (exact) mass is 264 g/mol. The molecular formula is C12H12F4O2.